The maximum absolute atomic E-state index is 12.7. The number of hydrogen-bond acceptors (Lipinski definition) is 10. The van der Waals surface area contributed by atoms with E-state index in [1.807, 2.05) is 6.07 Å². The zero-order valence-corrected chi connectivity index (χ0v) is 21.1. The second-order valence-electron chi connectivity index (χ2n) is 8.80. The Balaban J connectivity index is 1.67. The van der Waals surface area contributed by atoms with Crippen LogP contribution in [-0.4, -0.2) is 56.2 Å². The fourth-order valence-corrected chi connectivity index (χ4v) is 4.28. The number of nitrogens with two attached hydrogens (primary N) is 1. The minimum atomic E-state index is -4.87. The van der Waals surface area contributed by atoms with E-state index in [-0.39, 0.29) is 17.6 Å². The van der Waals surface area contributed by atoms with E-state index in [2.05, 4.69) is 26.0 Å². The molecule has 0 saturated carbocycles. The highest BCUT2D eigenvalue weighted by Gasteiger charge is 2.31. The molecule has 3 aromatic heterocycles. The Morgan fingerprint density at radius 1 is 1.18 bits per heavy atom. The highest BCUT2D eigenvalue weighted by Crippen LogP contribution is 2.29. The molecule has 1 fully saturated rings. The lowest BCUT2D eigenvalue weighted by molar-refractivity contribution is -0.274. The van der Waals surface area contributed by atoms with Gasteiger partial charge in [-0.15, -0.1) is 13.2 Å². The molecule has 0 amide bonds. The van der Waals surface area contributed by atoms with E-state index in [0.29, 0.717) is 54.1 Å². The zero-order valence-electron chi connectivity index (χ0n) is 21.1. The molecule has 39 heavy (non-hydrogen) atoms. The van der Waals surface area contributed by atoms with Crippen LogP contribution in [-0.2, 0) is 0 Å². The number of halogens is 3. The SMILES string of the molecule is CC(=NC1CCN(C#N)CC1)/C(=N\N)c1cc(OC(C)c2cncc(OC(F)(F)F)c2)n2c(C#N)cnc2c1. The number of nitriles is 2. The highest BCUT2D eigenvalue weighted by molar-refractivity contribution is 6.47. The summed E-state index contributed by atoms with van der Waals surface area (Å²) in [5.74, 6) is 5.46. The molecule has 3 aromatic rings. The van der Waals surface area contributed by atoms with Crippen LogP contribution in [0.3, 0.4) is 0 Å². The lowest BCUT2D eigenvalue weighted by Gasteiger charge is -2.26. The van der Waals surface area contributed by atoms with Crippen LogP contribution in [0.25, 0.3) is 5.65 Å². The maximum atomic E-state index is 12.7. The fourth-order valence-electron chi connectivity index (χ4n) is 4.28. The second kappa shape index (κ2) is 11.3. The van der Waals surface area contributed by atoms with E-state index >= 15 is 0 Å². The molecule has 4 heterocycles. The molecule has 1 saturated heterocycles. The van der Waals surface area contributed by atoms with Gasteiger partial charge in [0.25, 0.3) is 0 Å². The largest absolute Gasteiger partial charge is 0.573 e. The number of aromatic nitrogens is 3. The Hall–Kier alpha value is -4.85. The van der Waals surface area contributed by atoms with Gasteiger partial charge in [0.05, 0.1) is 24.1 Å². The molecule has 14 heteroatoms. The highest BCUT2D eigenvalue weighted by atomic mass is 19.4. The van der Waals surface area contributed by atoms with Crippen LogP contribution in [0.5, 0.6) is 11.6 Å². The van der Waals surface area contributed by atoms with Crippen LogP contribution in [0.2, 0.25) is 0 Å². The molecule has 1 aliphatic heterocycles. The Morgan fingerprint density at radius 2 is 1.92 bits per heavy atom. The van der Waals surface area contributed by atoms with E-state index in [1.165, 1.54) is 22.9 Å². The Morgan fingerprint density at radius 3 is 2.56 bits per heavy atom. The standard InChI is InChI=1S/C25H24F3N9O2/c1-15(34-19-3-5-36(14-30)6-4-19)24(35-31)17-8-22-33-12-20(10-29)37(22)23(9-17)38-16(2)18-7-21(13-32-11-18)39-25(26,27)28/h7-9,11-13,16,19H,3-6,31H2,1-2H3/b34-15?,35-24+. The predicted octanol–water partition coefficient (Wildman–Crippen LogP) is 3.71. The molecular weight excluding hydrogens is 515 g/mol. The summed E-state index contributed by atoms with van der Waals surface area (Å²) in [6.45, 7) is 4.63. The van der Waals surface area contributed by atoms with Gasteiger partial charge in [-0.05, 0) is 38.8 Å². The Kier molecular flexibility index (Phi) is 7.85. The van der Waals surface area contributed by atoms with E-state index < -0.39 is 18.2 Å². The van der Waals surface area contributed by atoms with Crippen LogP contribution < -0.4 is 15.3 Å². The third-order valence-corrected chi connectivity index (χ3v) is 6.15. The molecule has 1 atom stereocenters. The van der Waals surface area contributed by atoms with Crippen LogP contribution in [0.15, 0.2) is 46.9 Å². The molecule has 1 aliphatic rings. The predicted molar refractivity (Wildman–Crippen MR) is 134 cm³/mol. The average Bonchev–Trinajstić information content (AvgIpc) is 3.32. The van der Waals surface area contributed by atoms with Crippen LogP contribution in [0.4, 0.5) is 13.2 Å². The van der Waals surface area contributed by atoms with Crippen LogP contribution in [0.1, 0.15) is 49.6 Å². The molecule has 0 radical (unpaired) electrons. The van der Waals surface area contributed by atoms with E-state index in [1.54, 1.807) is 30.9 Å². The van der Waals surface area contributed by atoms with Crippen molar-refractivity contribution < 1.29 is 22.6 Å². The smallest absolute Gasteiger partial charge is 0.471 e. The first kappa shape index (κ1) is 27.2. The number of nitrogens with zero attached hydrogens (tertiary/aromatic N) is 8. The van der Waals surface area contributed by atoms with Crippen molar-refractivity contribution in [3.63, 3.8) is 0 Å². The quantitative estimate of drug-likeness (QED) is 0.207. The van der Waals surface area contributed by atoms with E-state index in [4.69, 9.17) is 20.8 Å². The molecule has 0 aromatic carbocycles. The van der Waals surface area contributed by atoms with Crippen molar-refractivity contribution in [3.8, 4) is 23.9 Å². The molecule has 0 aliphatic carbocycles. The van der Waals surface area contributed by atoms with E-state index in [9.17, 15) is 18.4 Å². The van der Waals surface area contributed by atoms with Gasteiger partial charge >= 0.3 is 6.36 Å². The number of ether oxygens (including phenoxy) is 2. The second-order valence-corrected chi connectivity index (χ2v) is 8.80. The van der Waals surface area contributed by atoms with Crippen molar-refractivity contribution in [1.82, 2.24) is 19.3 Å². The number of fused-ring (bicyclic) bond motifs is 1. The van der Waals surface area contributed by atoms with Crippen LogP contribution in [0, 0.1) is 22.8 Å². The summed E-state index contributed by atoms with van der Waals surface area (Å²) in [4.78, 5) is 14.6. The van der Waals surface area contributed by atoms with Crippen molar-refractivity contribution in [1.29, 1.82) is 10.5 Å². The molecule has 0 bridgehead atoms. The zero-order chi connectivity index (χ0) is 28.2. The van der Waals surface area contributed by atoms with E-state index in [0.717, 1.165) is 6.20 Å². The van der Waals surface area contributed by atoms with Gasteiger partial charge < -0.3 is 20.2 Å². The lowest BCUT2D eigenvalue weighted by atomic mass is 10.0. The fraction of sp³-hybridized carbons (Fsp3) is 0.360. The third-order valence-electron chi connectivity index (χ3n) is 6.15. The van der Waals surface area contributed by atoms with Crippen LogP contribution >= 0.6 is 0 Å². The Labute approximate surface area is 221 Å². The number of imidazole rings is 1. The summed E-state index contributed by atoms with van der Waals surface area (Å²) in [6.07, 6.45) is 1.59. The topological polar surface area (TPSA) is 150 Å². The van der Waals surface area contributed by atoms with Gasteiger partial charge in [0.15, 0.2) is 6.19 Å². The van der Waals surface area contributed by atoms with Gasteiger partial charge in [0.2, 0.25) is 5.88 Å². The number of aliphatic imine (C=N–C) groups is 1. The van der Waals surface area contributed by atoms with Gasteiger partial charge in [0, 0.05) is 36.5 Å². The number of hydrazone groups is 1. The number of likely N-dealkylation sites (tertiary alicyclic amines) is 1. The molecule has 202 valence electrons. The number of hydrogen-bond donors (Lipinski definition) is 1. The maximum Gasteiger partial charge on any atom is 0.573 e. The first-order chi connectivity index (χ1) is 18.6. The van der Waals surface area contributed by atoms with Crippen molar-refractivity contribution in [2.45, 2.75) is 45.2 Å². The summed E-state index contributed by atoms with van der Waals surface area (Å²) < 4.78 is 49.6. The summed E-state index contributed by atoms with van der Waals surface area (Å²) >= 11 is 0. The molecule has 1 unspecified atom stereocenters. The first-order valence-electron chi connectivity index (χ1n) is 11.9. The first-order valence-corrected chi connectivity index (χ1v) is 11.9. The van der Waals surface area contributed by atoms with Gasteiger partial charge in [0.1, 0.15) is 35.0 Å². The van der Waals surface area contributed by atoms with Crippen molar-refractivity contribution in [2.24, 2.45) is 15.9 Å². The lowest BCUT2D eigenvalue weighted by Crippen LogP contribution is -2.32. The van der Waals surface area contributed by atoms with Crippen molar-refractivity contribution in [3.05, 3.63) is 53.6 Å². The molecule has 11 nitrogen and oxygen atoms in total. The molecule has 0 spiro atoms. The summed E-state index contributed by atoms with van der Waals surface area (Å²) in [5, 5.41) is 22.6. The molecular formula is C25H24F3N9O2. The van der Waals surface area contributed by atoms with Crippen molar-refractivity contribution in [2.75, 3.05) is 13.1 Å². The van der Waals surface area contributed by atoms with Gasteiger partial charge in [-0.2, -0.15) is 15.6 Å². The molecule has 4 rings (SSSR count). The average molecular weight is 540 g/mol. The summed E-state index contributed by atoms with van der Waals surface area (Å²) in [7, 11) is 0. The monoisotopic (exact) mass is 539 g/mol. The summed E-state index contributed by atoms with van der Waals surface area (Å²) in [6, 6.07) is 6.51. The number of pyridine rings is 2. The van der Waals surface area contributed by atoms with Gasteiger partial charge in [-0.1, -0.05) is 0 Å². The normalized spacial score (nSPS) is 16.0. The third kappa shape index (κ3) is 6.35. The van der Waals surface area contributed by atoms with Gasteiger partial charge in [-0.25, -0.2) is 4.98 Å². The minimum absolute atomic E-state index is 0.00105. The summed E-state index contributed by atoms with van der Waals surface area (Å²) in [5.41, 5.74) is 2.33. The Bertz CT molecular complexity index is 1490. The van der Waals surface area contributed by atoms with Gasteiger partial charge in [-0.3, -0.25) is 14.4 Å². The molecule has 2 N–H and O–H groups in total. The number of rotatable bonds is 7. The minimum Gasteiger partial charge on any atom is -0.471 e. The van der Waals surface area contributed by atoms with Crippen molar-refractivity contribution >= 4 is 17.1 Å². The number of alkyl halides is 3. The number of piperidine rings is 1.